The van der Waals surface area contributed by atoms with Crippen LogP contribution in [0.3, 0.4) is 0 Å². The molecule has 1 aliphatic heterocycles. The first-order valence-corrected chi connectivity index (χ1v) is 5.56. The Labute approximate surface area is 87.0 Å². The summed E-state index contributed by atoms with van der Waals surface area (Å²) in [6, 6.07) is 0. The highest BCUT2D eigenvalue weighted by Gasteiger charge is 2.37. The number of Topliss-reactive ketones (excluding diaryl/α,β-unsaturated/α-hetero) is 1. The number of rotatable bonds is 4. The molecule has 2 amide bonds. The molecule has 4 nitrogen and oxygen atoms in total. The van der Waals surface area contributed by atoms with Gasteiger partial charge in [0, 0.05) is 13.0 Å². The van der Waals surface area contributed by atoms with Gasteiger partial charge in [0.05, 0.1) is 11.0 Å². The topological polar surface area (TPSA) is 54.5 Å². The molecule has 1 unspecified atom stereocenters. The van der Waals surface area contributed by atoms with Crippen molar-refractivity contribution in [3.8, 4) is 0 Å². The average Bonchev–Trinajstić information content (AvgIpc) is 2.38. The number of thioether (sulfide) groups is 1. The Morgan fingerprint density at radius 3 is 2.64 bits per heavy atom. The fourth-order valence-corrected chi connectivity index (χ4v) is 2.30. The summed E-state index contributed by atoms with van der Waals surface area (Å²) in [7, 11) is 0. The minimum atomic E-state index is -0.341. The number of ketones is 1. The molecule has 0 radical (unpaired) electrons. The first-order valence-electron chi connectivity index (χ1n) is 4.51. The van der Waals surface area contributed by atoms with Crippen LogP contribution < -0.4 is 0 Å². The molecular weight excluding hydrogens is 202 g/mol. The normalized spacial score (nSPS) is 21.9. The molecule has 0 aromatic carbocycles. The maximum atomic E-state index is 11.5. The zero-order valence-corrected chi connectivity index (χ0v) is 9.10. The van der Waals surface area contributed by atoms with Crippen LogP contribution in [0.1, 0.15) is 20.3 Å². The van der Waals surface area contributed by atoms with Gasteiger partial charge in [0.1, 0.15) is 5.78 Å². The van der Waals surface area contributed by atoms with Crippen molar-refractivity contribution in [2.45, 2.75) is 25.5 Å². The molecule has 5 heteroatoms. The van der Waals surface area contributed by atoms with Crippen molar-refractivity contribution in [3.05, 3.63) is 0 Å². The van der Waals surface area contributed by atoms with Crippen molar-refractivity contribution in [2.24, 2.45) is 0 Å². The average molecular weight is 215 g/mol. The maximum absolute atomic E-state index is 11.5. The van der Waals surface area contributed by atoms with Crippen LogP contribution in [0.25, 0.3) is 0 Å². The van der Waals surface area contributed by atoms with Crippen LogP contribution in [0, 0.1) is 0 Å². The number of hydrogen-bond donors (Lipinski definition) is 0. The second-order valence-electron chi connectivity index (χ2n) is 3.18. The number of likely N-dealkylation sites (tertiary alicyclic amines) is 1. The fourth-order valence-electron chi connectivity index (χ4n) is 1.33. The molecule has 1 atom stereocenters. The van der Waals surface area contributed by atoms with Gasteiger partial charge in [-0.15, -0.1) is 11.8 Å². The molecule has 78 valence electrons. The first kappa shape index (κ1) is 11.2. The lowest BCUT2D eigenvalue weighted by atomic mass is 10.4. The summed E-state index contributed by atoms with van der Waals surface area (Å²) in [5.74, 6) is 0.0637. The van der Waals surface area contributed by atoms with E-state index in [1.54, 1.807) is 6.92 Å². The number of amides is 2. The fraction of sp³-hybridized carbons (Fsp3) is 0.667. The summed E-state index contributed by atoms with van der Waals surface area (Å²) >= 11 is 1.26. The number of imide groups is 1. The summed E-state index contributed by atoms with van der Waals surface area (Å²) < 4.78 is 0. The molecule has 1 fully saturated rings. The van der Waals surface area contributed by atoms with Gasteiger partial charge < -0.3 is 0 Å². The lowest BCUT2D eigenvalue weighted by Gasteiger charge is -2.10. The highest BCUT2D eigenvalue weighted by Crippen LogP contribution is 2.24. The van der Waals surface area contributed by atoms with E-state index in [0.717, 1.165) is 0 Å². The van der Waals surface area contributed by atoms with Crippen LogP contribution in [-0.4, -0.2) is 40.0 Å². The Hall–Kier alpha value is -0.840. The smallest absolute Gasteiger partial charge is 0.242 e. The lowest BCUT2D eigenvalue weighted by Crippen LogP contribution is -2.31. The molecule has 1 saturated heterocycles. The van der Waals surface area contributed by atoms with E-state index in [4.69, 9.17) is 0 Å². The molecule has 0 aromatic rings. The molecule has 1 heterocycles. The second kappa shape index (κ2) is 4.59. The summed E-state index contributed by atoms with van der Waals surface area (Å²) in [5, 5.41) is -0.341. The third-order valence-electron chi connectivity index (χ3n) is 2.01. The Morgan fingerprint density at radius 1 is 1.57 bits per heavy atom. The predicted octanol–water partition coefficient (Wildman–Crippen LogP) is 0.456. The van der Waals surface area contributed by atoms with Crippen molar-refractivity contribution in [3.63, 3.8) is 0 Å². The SMILES string of the molecule is CCN1C(=O)CC(SCC(C)=O)C1=O. The molecule has 0 bridgehead atoms. The van der Waals surface area contributed by atoms with E-state index in [9.17, 15) is 14.4 Å². The number of carbonyl (C=O) groups is 3. The van der Waals surface area contributed by atoms with E-state index in [1.165, 1.54) is 23.6 Å². The van der Waals surface area contributed by atoms with Crippen LogP contribution in [0.15, 0.2) is 0 Å². The van der Waals surface area contributed by atoms with Crippen molar-refractivity contribution >= 4 is 29.4 Å². The number of nitrogens with zero attached hydrogens (tertiary/aromatic N) is 1. The minimum absolute atomic E-state index is 0.0326. The van der Waals surface area contributed by atoms with E-state index in [0.29, 0.717) is 12.3 Å². The summed E-state index contributed by atoms with van der Waals surface area (Å²) in [6.07, 6.45) is 0.241. The number of carbonyl (C=O) groups excluding carboxylic acids is 3. The van der Waals surface area contributed by atoms with Gasteiger partial charge in [-0.05, 0) is 13.8 Å². The highest BCUT2D eigenvalue weighted by atomic mass is 32.2. The van der Waals surface area contributed by atoms with Gasteiger partial charge in [-0.3, -0.25) is 19.3 Å². The maximum Gasteiger partial charge on any atom is 0.242 e. The molecule has 1 aliphatic rings. The lowest BCUT2D eigenvalue weighted by molar-refractivity contribution is -0.137. The minimum Gasteiger partial charge on any atom is -0.299 e. The van der Waals surface area contributed by atoms with Gasteiger partial charge in [-0.25, -0.2) is 0 Å². The molecule has 0 saturated carbocycles. The van der Waals surface area contributed by atoms with Gasteiger partial charge in [0.15, 0.2) is 0 Å². The van der Waals surface area contributed by atoms with Crippen molar-refractivity contribution < 1.29 is 14.4 Å². The van der Waals surface area contributed by atoms with E-state index in [2.05, 4.69) is 0 Å². The van der Waals surface area contributed by atoms with Gasteiger partial charge in [-0.2, -0.15) is 0 Å². The monoisotopic (exact) mass is 215 g/mol. The third kappa shape index (κ3) is 2.35. The zero-order valence-electron chi connectivity index (χ0n) is 8.28. The van der Waals surface area contributed by atoms with Crippen molar-refractivity contribution in [1.29, 1.82) is 0 Å². The van der Waals surface area contributed by atoms with Gasteiger partial charge >= 0.3 is 0 Å². The Bertz CT molecular complexity index is 277. The van der Waals surface area contributed by atoms with E-state index < -0.39 is 0 Å². The standard InChI is InChI=1S/C9H13NO3S/c1-3-10-8(12)4-7(9(10)13)14-5-6(2)11/h7H,3-5H2,1-2H3. The van der Waals surface area contributed by atoms with Crippen molar-refractivity contribution in [1.82, 2.24) is 4.90 Å². The van der Waals surface area contributed by atoms with Gasteiger partial charge in [0.25, 0.3) is 0 Å². The van der Waals surface area contributed by atoms with Crippen LogP contribution in [0.2, 0.25) is 0 Å². The summed E-state index contributed by atoms with van der Waals surface area (Å²) in [6.45, 7) is 3.68. The molecular formula is C9H13NO3S. The van der Waals surface area contributed by atoms with Crippen LogP contribution in [0.4, 0.5) is 0 Å². The molecule has 1 rings (SSSR count). The highest BCUT2D eigenvalue weighted by molar-refractivity contribution is 8.01. The summed E-state index contributed by atoms with van der Waals surface area (Å²) in [5.41, 5.74) is 0. The largest absolute Gasteiger partial charge is 0.299 e. The molecule has 0 aromatic heterocycles. The van der Waals surface area contributed by atoms with Crippen LogP contribution in [0.5, 0.6) is 0 Å². The third-order valence-corrected chi connectivity index (χ3v) is 3.35. The number of hydrogen-bond acceptors (Lipinski definition) is 4. The second-order valence-corrected chi connectivity index (χ2v) is 4.37. The van der Waals surface area contributed by atoms with E-state index in [-0.39, 0.29) is 29.3 Å². The molecule has 0 N–H and O–H groups in total. The van der Waals surface area contributed by atoms with Crippen molar-refractivity contribution in [2.75, 3.05) is 12.3 Å². The van der Waals surface area contributed by atoms with Gasteiger partial charge in [0.2, 0.25) is 11.8 Å². The van der Waals surface area contributed by atoms with Gasteiger partial charge in [-0.1, -0.05) is 0 Å². The van der Waals surface area contributed by atoms with Crippen LogP contribution >= 0.6 is 11.8 Å². The van der Waals surface area contributed by atoms with Crippen LogP contribution in [-0.2, 0) is 14.4 Å². The molecule has 0 aliphatic carbocycles. The Balaban J connectivity index is 2.53. The zero-order chi connectivity index (χ0) is 10.7. The molecule has 14 heavy (non-hydrogen) atoms. The Morgan fingerprint density at radius 2 is 2.21 bits per heavy atom. The van der Waals surface area contributed by atoms with E-state index in [1.807, 2.05) is 0 Å². The quantitative estimate of drug-likeness (QED) is 0.639. The predicted molar refractivity (Wildman–Crippen MR) is 53.9 cm³/mol. The summed E-state index contributed by atoms with van der Waals surface area (Å²) in [4.78, 5) is 34.8. The van der Waals surface area contributed by atoms with E-state index >= 15 is 0 Å². The molecule has 0 spiro atoms. The first-order chi connectivity index (χ1) is 6.56. The Kier molecular flexibility index (Phi) is 3.69.